The maximum Gasteiger partial charge on any atom is 0.264 e. The predicted octanol–water partition coefficient (Wildman–Crippen LogP) is 0.738. The summed E-state index contributed by atoms with van der Waals surface area (Å²) in [6.07, 6.45) is 0.805. The molecule has 2 aromatic rings. The zero-order valence-electron chi connectivity index (χ0n) is 10.8. The summed E-state index contributed by atoms with van der Waals surface area (Å²) >= 11 is 0. The molecule has 1 aromatic carbocycles. The molecule has 0 amide bonds. The molecule has 1 aliphatic heterocycles. The lowest BCUT2D eigenvalue weighted by molar-refractivity contribution is 0.175. The van der Waals surface area contributed by atoms with Gasteiger partial charge in [-0.1, -0.05) is 12.1 Å². The van der Waals surface area contributed by atoms with Crippen LogP contribution in [0.25, 0.3) is 11.0 Å². The van der Waals surface area contributed by atoms with Crippen molar-refractivity contribution in [2.24, 2.45) is 7.05 Å². The van der Waals surface area contributed by atoms with Gasteiger partial charge in [0.15, 0.2) is 0 Å². The molecule has 102 valence electrons. The van der Waals surface area contributed by atoms with E-state index in [2.05, 4.69) is 4.98 Å². The molecule has 0 N–H and O–H groups in total. The van der Waals surface area contributed by atoms with Crippen LogP contribution in [-0.2, 0) is 21.3 Å². The molecule has 0 radical (unpaired) electrons. The number of aromatic nitrogens is 2. The minimum absolute atomic E-state index is 0.269. The van der Waals surface area contributed by atoms with E-state index in [1.54, 1.807) is 0 Å². The molecule has 0 aliphatic carbocycles. The third-order valence-electron chi connectivity index (χ3n) is 3.21. The van der Waals surface area contributed by atoms with Crippen LogP contribution in [0.4, 0.5) is 5.95 Å². The lowest BCUT2D eigenvalue weighted by atomic mass is 10.2. The van der Waals surface area contributed by atoms with Crippen LogP contribution < -0.4 is 4.90 Å². The standard InChI is InChI=1S/C12H15N3O3S/c1-14-11-6-4-3-5-10(11)13-12(14)15-7-9(8-15)18-19(2,16)17/h3-6,9H,7-8H2,1-2H3. The smallest absolute Gasteiger partial charge is 0.264 e. The van der Waals surface area contributed by atoms with Gasteiger partial charge in [-0.3, -0.25) is 4.18 Å². The first-order valence-corrected chi connectivity index (χ1v) is 7.80. The molecule has 1 saturated heterocycles. The van der Waals surface area contributed by atoms with Crippen molar-refractivity contribution >= 4 is 27.1 Å². The fourth-order valence-corrected chi connectivity index (χ4v) is 2.94. The summed E-state index contributed by atoms with van der Waals surface area (Å²) in [6, 6.07) is 7.89. The van der Waals surface area contributed by atoms with E-state index >= 15 is 0 Å². The van der Waals surface area contributed by atoms with Gasteiger partial charge >= 0.3 is 0 Å². The molecule has 1 fully saturated rings. The van der Waals surface area contributed by atoms with Crippen LogP contribution in [0.5, 0.6) is 0 Å². The fraction of sp³-hybridized carbons (Fsp3) is 0.417. The summed E-state index contributed by atoms with van der Waals surface area (Å²) in [5, 5.41) is 0. The minimum Gasteiger partial charge on any atom is -0.337 e. The van der Waals surface area contributed by atoms with Crippen LogP contribution in [-0.4, -0.2) is 43.4 Å². The second-order valence-electron chi connectivity index (χ2n) is 4.79. The number of hydrogen-bond donors (Lipinski definition) is 0. The molecule has 3 rings (SSSR count). The largest absolute Gasteiger partial charge is 0.337 e. The van der Waals surface area contributed by atoms with Gasteiger partial charge in [-0.2, -0.15) is 8.42 Å². The van der Waals surface area contributed by atoms with E-state index in [-0.39, 0.29) is 6.10 Å². The highest BCUT2D eigenvalue weighted by atomic mass is 32.2. The molecule has 0 saturated carbocycles. The molecular weight excluding hydrogens is 266 g/mol. The minimum atomic E-state index is -3.38. The number of para-hydroxylation sites is 2. The van der Waals surface area contributed by atoms with Crippen molar-refractivity contribution in [3.05, 3.63) is 24.3 Å². The Kier molecular flexibility index (Phi) is 2.75. The first-order valence-electron chi connectivity index (χ1n) is 5.99. The van der Waals surface area contributed by atoms with Gasteiger partial charge in [0.1, 0.15) is 6.10 Å². The number of anilines is 1. The van der Waals surface area contributed by atoms with E-state index in [0.29, 0.717) is 13.1 Å². The third kappa shape index (κ3) is 2.31. The topological polar surface area (TPSA) is 64.4 Å². The maximum absolute atomic E-state index is 11.0. The Bertz CT molecular complexity index is 717. The van der Waals surface area contributed by atoms with Crippen molar-refractivity contribution in [3.8, 4) is 0 Å². The molecule has 6 nitrogen and oxygen atoms in total. The second kappa shape index (κ2) is 4.21. The first-order chi connectivity index (χ1) is 8.94. The molecule has 7 heteroatoms. The Balaban J connectivity index is 1.79. The van der Waals surface area contributed by atoms with Gasteiger partial charge in [-0.05, 0) is 12.1 Å². The molecule has 1 aromatic heterocycles. The molecule has 2 heterocycles. The summed E-state index contributed by atoms with van der Waals surface area (Å²) in [7, 11) is -1.42. The molecule has 19 heavy (non-hydrogen) atoms. The second-order valence-corrected chi connectivity index (χ2v) is 6.39. The molecule has 0 atom stereocenters. The number of nitrogens with zero attached hydrogens (tertiary/aromatic N) is 3. The highest BCUT2D eigenvalue weighted by Crippen LogP contribution is 2.25. The van der Waals surface area contributed by atoms with Crippen LogP contribution in [0.1, 0.15) is 0 Å². The zero-order chi connectivity index (χ0) is 13.6. The van der Waals surface area contributed by atoms with Crippen molar-refractivity contribution in [2.45, 2.75) is 6.10 Å². The average Bonchev–Trinajstić information content (AvgIpc) is 2.60. The zero-order valence-corrected chi connectivity index (χ0v) is 11.6. The Morgan fingerprint density at radius 3 is 2.63 bits per heavy atom. The van der Waals surface area contributed by atoms with Crippen LogP contribution in [0.3, 0.4) is 0 Å². The highest BCUT2D eigenvalue weighted by molar-refractivity contribution is 7.86. The Hall–Kier alpha value is -1.60. The summed E-state index contributed by atoms with van der Waals surface area (Å²) in [5.74, 6) is 0.842. The Morgan fingerprint density at radius 2 is 2.00 bits per heavy atom. The molecule has 0 bridgehead atoms. The lowest BCUT2D eigenvalue weighted by Gasteiger charge is -2.38. The SMILES string of the molecule is Cn1c(N2CC(OS(C)(=O)=O)C2)nc2ccccc21. The van der Waals surface area contributed by atoms with E-state index in [1.165, 1.54) is 0 Å². The van der Waals surface area contributed by atoms with Crippen molar-refractivity contribution in [3.63, 3.8) is 0 Å². The average molecular weight is 281 g/mol. The molecule has 1 aliphatic rings. The number of rotatable bonds is 3. The summed E-state index contributed by atoms with van der Waals surface area (Å²) in [5.41, 5.74) is 2.00. The van der Waals surface area contributed by atoms with Crippen molar-refractivity contribution < 1.29 is 12.6 Å². The normalized spacial score (nSPS) is 16.8. The first kappa shape index (κ1) is 12.4. The number of hydrogen-bond acceptors (Lipinski definition) is 5. The van der Waals surface area contributed by atoms with E-state index < -0.39 is 10.1 Å². The lowest BCUT2D eigenvalue weighted by Crippen LogP contribution is -2.53. The van der Waals surface area contributed by atoms with Gasteiger partial charge in [-0.25, -0.2) is 4.98 Å². The van der Waals surface area contributed by atoms with Crippen LogP contribution >= 0.6 is 0 Å². The Labute approximate surface area is 111 Å². The monoisotopic (exact) mass is 281 g/mol. The van der Waals surface area contributed by atoms with Gasteiger partial charge < -0.3 is 9.47 Å². The van der Waals surface area contributed by atoms with Crippen LogP contribution in [0.15, 0.2) is 24.3 Å². The predicted molar refractivity (Wildman–Crippen MR) is 72.6 cm³/mol. The summed E-state index contributed by atoms with van der Waals surface area (Å²) in [6.45, 7) is 1.09. The van der Waals surface area contributed by atoms with Gasteiger partial charge in [0.2, 0.25) is 5.95 Å². The summed E-state index contributed by atoms with van der Waals surface area (Å²) < 4.78 is 29.0. The van der Waals surface area contributed by atoms with Gasteiger partial charge in [0.05, 0.1) is 30.4 Å². The highest BCUT2D eigenvalue weighted by Gasteiger charge is 2.33. The van der Waals surface area contributed by atoms with Crippen molar-refractivity contribution in [1.82, 2.24) is 9.55 Å². The maximum atomic E-state index is 11.0. The third-order valence-corrected chi connectivity index (χ3v) is 3.83. The van der Waals surface area contributed by atoms with Gasteiger partial charge in [-0.15, -0.1) is 0 Å². The van der Waals surface area contributed by atoms with Crippen LogP contribution in [0, 0.1) is 0 Å². The Morgan fingerprint density at radius 1 is 1.32 bits per heavy atom. The fourth-order valence-electron chi connectivity index (χ4n) is 2.33. The summed E-state index contributed by atoms with van der Waals surface area (Å²) in [4.78, 5) is 6.56. The van der Waals surface area contributed by atoms with Crippen molar-refractivity contribution in [1.29, 1.82) is 0 Å². The van der Waals surface area contributed by atoms with E-state index in [1.807, 2.05) is 40.8 Å². The number of aryl methyl sites for hydroxylation is 1. The molecule has 0 spiro atoms. The van der Waals surface area contributed by atoms with E-state index in [9.17, 15) is 8.42 Å². The molecular formula is C12H15N3O3S. The number of imidazole rings is 1. The van der Waals surface area contributed by atoms with Gasteiger partial charge in [0, 0.05) is 7.05 Å². The van der Waals surface area contributed by atoms with Crippen molar-refractivity contribution in [2.75, 3.05) is 24.2 Å². The van der Waals surface area contributed by atoms with Crippen LogP contribution in [0.2, 0.25) is 0 Å². The van der Waals surface area contributed by atoms with E-state index in [0.717, 1.165) is 23.2 Å². The van der Waals surface area contributed by atoms with E-state index in [4.69, 9.17) is 4.18 Å². The van der Waals surface area contributed by atoms with Gasteiger partial charge in [0.25, 0.3) is 10.1 Å². The number of benzene rings is 1. The number of fused-ring (bicyclic) bond motifs is 1. The molecule has 0 unspecified atom stereocenters. The quantitative estimate of drug-likeness (QED) is 0.776.